The van der Waals surface area contributed by atoms with Gasteiger partial charge in [0.1, 0.15) is 5.82 Å². The molecule has 0 aliphatic carbocycles. The van der Waals surface area contributed by atoms with Crippen LogP contribution in [-0.4, -0.2) is 20.7 Å². The Morgan fingerprint density at radius 3 is 2.45 bits per heavy atom. The molecule has 0 saturated carbocycles. The van der Waals surface area contributed by atoms with E-state index < -0.39 is 15.8 Å². The second-order valence-corrected chi connectivity index (χ2v) is 7.04. The third-order valence-electron chi connectivity index (χ3n) is 3.73. The molecule has 22 heavy (non-hydrogen) atoms. The molecule has 1 aliphatic rings. The summed E-state index contributed by atoms with van der Waals surface area (Å²) < 4.78 is 39.9. The van der Waals surface area contributed by atoms with Crippen molar-refractivity contribution < 1.29 is 17.6 Å². The van der Waals surface area contributed by atoms with Gasteiger partial charge in [0.05, 0.1) is 10.6 Å². The fourth-order valence-electron chi connectivity index (χ4n) is 2.64. The molecule has 3 rings (SSSR count). The normalized spacial score (nSPS) is 14.8. The number of sulfonamides is 1. The lowest BCUT2D eigenvalue weighted by Crippen LogP contribution is -2.38. The van der Waals surface area contributed by atoms with Gasteiger partial charge in [-0.3, -0.25) is 9.10 Å². The molecule has 0 radical (unpaired) electrons. The smallest absolute Gasteiger partial charge is 0.264 e. The first kappa shape index (κ1) is 14.7. The van der Waals surface area contributed by atoms with E-state index in [9.17, 15) is 17.6 Å². The minimum Gasteiger partial charge on any atom is -0.294 e. The number of hydrogen-bond acceptors (Lipinski definition) is 3. The Kier molecular flexibility index (Phi) is 3.48. The van der Waals surface area contributed by atoms with Crippen LogP contribution >= 0.6 is 0 Å². The number of rotatable bonds is 2. The molecule has 2 aromatic carbocycles. The van der Waals surface area contributed by atoms with E-state index in [2.05, 4.69) is 0 Å². The molecule has 0 saturated heterocycles. The Labute approximate surface area is 128 Å². The van der Waals surface area contributed by atoms with Gasteiger partial charge in [0, 0.05) is 18.5 Å². The van der Waals surface area contributed by atoms with E-state index in [1.165, 1.54) is 16.4 Å². The van der Waals surface area contributed by atoms with E-state index in [0.29, 0.717) is 11.3 Å². The number of carbonyl (C=O) groups is 1. The van der Waals surface area contributed by atoms with Gasteiger partial charge in [-0.1, -0.05) is 12.1 Å². The highest BCUT2D eigenvalue weighted by molar-refractivity contribution is 7.92. The Hall–Kier alpha value is -2.21. The highest BCUT2D eigenvalue weighted by Gasteiger charge is 2.33. The van der Waals surface area contributed by atoms with Crippen molar-refractivity contribution in [3.05, 3.63) is 59.4 Å². The maximum atomic E-state index is 13.0. The standard InChI is InChI=1S/C16H14FNO3S/c1-11-3-2-4-14-15(19)9-10-18(16(11)14)22(20,21)13-7-5-12(17)6-8-13/h2-8H,9-10H2,1H3. The van der Waals surface area contributed by atoms with Gasteiger partial charge >= 0.3 is 0 Å². The van der Waals surface area contributed by atoms with Crippen molar-refractivity contribution in [3.8, 4) is 0 Å². The summed E-state index contributed by atoms with van der Waals surface area (Å²) in [7, 11) is -3.82. The molecule has 2 aromatic rings. The second kappa shape index (κ2) is 5.21. The number of carbonyl (C=O) groups excluding carboxylic acids is 1. The molecule has 0 fully saturated rings. The van der Waals surface area contributed by atoms with Gasteiger partial charge in [-0.15, -0.1) is 0 Å². The zero-order valence-electron chi connectivity index (χ0n) is 11.9. The fraction of sp³-hybridized carbons (Fsp3) is 0.188. The van der Waals surface area contributed by atoms with E-state index in [1.54, 1.807) is 25.1 Å². The van der Waals surface area contributed by atoms with Crippen molar-refractivity contribution in [2.75, 3.05) is 10.8 Å². The van der Waals surface area contributed by atoms with Gasteiger partial charge in [0.25, 0.3) is 10.0 Å². The predicted molar refractivity (Wildman–Crippen MR) is 81.1 cm³/mol. The van der Waals surface area contributed by atoms with Crippen LogP contribution in [0, 0.1) is 12.7 Å². The van der Waals surface area contributed by atoms with Crippen LogP contribution in [0.4, 0.5) is 10.1 Å². The quantitative estimate of drug-likeness (QED) is 0.855. The summed E-state index contributed by atoms with van der Waals surface area (Å²) in [6.45, 7) is 1.86. The van der Waals surface area contributed by atoms with Gasteiger partial charge in [-0.05, 0) is 42.8 Å². The molecule has 1 heterocycles. The molecular weight excluding hydrogens is 305 g/mol. The molecule has 4 nitrogen and oxygen atoms in total. The Morgan fingerprint density at radius 2 is 1.77 bits per heavy atom. The predicted octanol–water partition coefficient (Wildman–Crippen LogP) is 2.92. The van der Waals surface area contributed by atoms with Crippen LogP contribution in [0.3, 0.4) is 0 Å². The van der Waals surface area contributed by atoms with Crippen LogP contribution in [0.15, 0.2) is 47.4 Å². The number of benzene rings is 2. The Morgan fingerprint density at radius 1 is 1.09 bits per heavy atom. The molecule has 0 amide bonds. The number of halogens is 1. The molecule has 0 bridgehead atoms. The van der Waals surface area contributed by atoms with Gasteiger partial charge in [0.15, 0.2) is 5.78 Å². The average molecular weight is 319 g/mol. The van der Waals surface area contributed by atoms with E-state index >= 15 is 0 Å². The number of para-hydroxylation sites is 1. The molecule has 114 valence electrons. The summed E-state index contributed by atoms with van der Waals surface area (Å²) in [6.07, 6.45) is 0.136. The van der Waals surface area contributed by atoms with Gasteiger partial charge in [0.2, 0.25) is 0 Å². The molecule has 0 N–H and O–H groups in total. The first-order chi connectivity index (χ1) is 10.4. The molecule has 0 aromatic heterocycles. The maximum absolute atomic E-state index is 13.0. The average Bonchev–Trinajstić information content (AvgIpc) is 2.49. The topological polar surface area (TPSA) is 54.5 Å². The highest BCUT2D eigenvalue weighted by atomic mass is 32.2. The van der Waals surface area contributed by atoms with Crippen LogP contribution in [0.25, 0.3) is 0 Å². The minimum absolute atomic E-state index is 0.0115. The summed E-state index contributed by atoms with van der Waals surface area (Å²) in [5.74, 6) is -0.561. The minimum atomic E-state index is -3.82. The summed E-state index contributed by atoms with van der Waals surface area (Å²) in [5, 5.41) is 0. The lowest BCUT2D eigenvalue weighted by atomic mass is 9.99. The highest BCUT2D eigenvalue weighted by Crippen LogP contribution is 2.34. The number of fused-ring (bicyclic) bond motifs is 1. The number of Topliss-reactive ketones (excluding diaryl/α,β-unsaturated/α-hetero) is 1. The molecule has 6 heteroatoms. The summed E-state index contributed by atoms with van der Waals surface area (Å²) in [5.41, 5.74) is 1.55. The van der Waals surface area contributed by atoms with Gasteiger partial charge < -0.3 is 0 Å². The third-order valence-corrected chi connectivity index (χ3v) is 5.54. The van der Waals surface area contributed by atoms with Crippen LogP contribution in [0.1, 0.15) is 22.3 Å². The van der Waals surface area contributed by atoms with E-state index in [1.807, 2.05) is 0 Å². The molecule has 0 unspecified atom stereocenters. The zero-order chi connectivity index (χ0) is 15.9. The van der Waals surface area contributed by atoms with Crippen LogP contribution in [0.5, 0.6) is 0 Å². The fourth-order valence-corrected chi connectivity index (χ4v) is 4.19. The Bertz CT molecular complexity index is 844. The number of anilines is 1. The van der Waals surface area contributed by atoms with Crippen molar-refractivity contribution in [1.29, 1.82) is 0 Å². The summed E-state index contributed by atoms with van der Waals surface area (Å²) >= 11 is 0. The van der Waals surface area contributed by atoms with Crippen molar-refractivity contribution in [2.45, 2.75) is 18.2 Å². The molecule has 0 atom stereocenters. The number of hydrogen-bond donors (Lipinski definition) is 0. The SMILES string of the molecule is Cc1cccc2c1N(S(=O)(=O)c1ccc(F)cc1)CCC2=O. The lowest BCUT2D eigenvalue weighted by Gasteiger charge is -2.31. The molecule has 1 aliphatic heterocycles. The number of nitrogens with zero attached hydrogens (tertiary/aromatic N) is 1. The first-order valence-electron chi connectivity index (χ1n) is 6.82. The van der Waals surface area contributed by atoms with E-state index in [-0.39, 0.29) is 23.6 Å². The molecule has 0 spiro atoms. The Balaban J connectivity index is 2.16. The lowest BCUT2D eigenvalue weighted by molar-refractivity contribution is 0.0982. The number of aryl methyl sites for hydroxylation is 1. The number of ketones is 1. The van der Waals surface area contributed by atoms with Gasteiger partial charge in [-0.2, -0.15) is 0 Å². The maximum Gasteiger partial charge on any atom is 0.264 e. The summed E-state index contributed by atoms with van der Waals surface area (Å²) in [6, 6.07) is 9.83. The van der Waals surface area contributed by atoms with Crippen LogP contribution < -0.4 is 4.31 Å². The second-order valence-electron chi connectivity index (χ2n) is 5.18. The van der Waals surface area contributed by atoms with E-state index in [0.717, 1.165) is 17.7 Å². The van der Waals surface area contributed by atoms with Crippen molar-refractivity contribution in [2.24, 2.45) is 0 Å². The van der Waals surface area contributed by atoms with Crippen molar-refractivity contribution >= 4 is 21.5 Å². The molecular formula is C16H14FNO3S. The summed E-state index contributed by atoms with van der Waals surface area (Å²) in [4.78, 5) is 12.0. The van der Waals surface area contributed by atoms with E-state index in [4.69, 9.17) is 0 Å². The monoisotopic (exact) mass is 319 g/mol. The van der Waals surface area contributed by atoms with Crippen molar-refractivity contribution in [1.82, 2.24) is 0 Å². The van der Waals surface area contributed by atoms with Crippen LogP contribution in [-0.2, 0) is 10.0 Å². The van der Waals surface area contributed by atoms with Gasteiger partial charge in [-0.25, -0.2) is 12.8 Å². The van der Waals surface area contributed by atoms with Crippen molar-refractivity contribution in [3.63, 3.8) is 0 Å². The third kappa shape index (κ3) is 2.29. The zero-order valence-corrected chi connectivity index (χ0v) is 12.7. The van der Waals surface area contributed by atoms with Crippen LogP contribution in [0.2, 0.25) is 0 Å². The first-order valence-corrected chi connectivity index (χ1v) is 8.26. The largest absolute Gasteiger partial charge is 0.294 e.